The second-order valence-corrected chi connectivity index (χ2v) is 5.02. The molecular weight excluding hydrogens is 212 g/mol. The first-order valence-electron chi connectivity index (χ1n) is 6.92. The minimum atomic E-state index is 0.587. The Hall–Kier alpha value is -0.900. The first kappa shape index (κ1) is 12.6. The lowest BCUT2D eigenvalue weighted by atomic mass is 9.92. The Labute approximate surface area is 104 Å². The Bertz CT molecular complexity index is 334. The lowest BCUT2D eigenvalue weighted by molar-refractivity contribution is 0.408. The summed E-state index contributed by atoms with van der Waals surface area (Å²) >= 11 is 0. The Morgan fingerprint density at radius 2 is 2.18 bits per heavy atom. The predicted octanol–water partition coefficient (Wildman–Crippen LogP) is 2.32. The van der Waals surface area contributed by atoms with E-state index in [1.807, 2.05) is 6.20 Å². The average molecular weight is 236 g/mol. The second kappa shape index (κ2) is 6.15. The van der Waals surface area contributed by atoms with Gasteiger partial charge in [-0.15, -0.1) is 5.10 Å². The maximum absolute atomic E-state index is 4.22. The summed E-state index contributed by atoms with van der Waals surface area (Å²) in [6.45, 7) is 3.18. The molecule has 0 saturated heterocycles. The Morgan fingerprint density at radius 3 is 2.94 bits per heavy atom. The molecule has 1 saturated carbocycles. The molecule has 96 valence electrons. The van der Waals surface area contributed by atoms with Crippen LogP contribution in [0.5, 0.6) is 0 Å². The number of aryl methyl sites for hydroxylation is 1. The summed E-state index contributed by atoms with van der Waals surface area (Å²) in [5.74, 6) is 0.587. The maximum atomic E-state index is 4.22. The van der Waals surface area contributed by atoms with Crippen molar-refractivity contribution in [3.8, 4) is 0 Å². The molecule has 1 fully saturated rings. The van der Waals surface area contributed by atoms with Crippen LogP contribution >= 0.6 is 0 Å². The van der Waals surface area contributed by atoms with E-state index in [2.05, 4.69) is 34.3 Å². The van der Waals surface area contributed by atoms with Gasteiger partial charge in [0, 0.05) is 18.5 Å². The van der Waals surface area contributed by atoms with E-state index in [0.717, 1.165) is 13.0 Å². The molecule has 0 aromatic carbocycles. The molecule has 1 aromatic rings. The zero-order chi connectivity index (χ0) is 12.1. The van der Waals surface area contributed by atoms with Crippen molar-refractivity contribution in [1.29, 1.82) is 0 Å². The normalized spacial score (nSPS) is 25.8. The van der Waals surface area contributed by atoms with Crippen molar-refractivity contribution in [3.05, 3.63) is 11.9 Å². The Kier molecular flexibility index (Phi) is 4.54. The number of rotatable bonds is 4. The van der Waals surface area contributed by atoms with Crippen molar-refractivity contribution >= 4 is 0 Å². The summed E-state index contributed by atoms with van der Waals surface area (Å²) in [5, 5.41) is 11.8. The van der Waals surface area contributed by atoms with Gasteiger partial charge in [0.2, 0.25) is 0 Å². The molecule has 0 spiro atoms. The van der Waals surface area contributed by atoms with Crippen LogP contribution in [0, 0.1) is 0 Å². The fraction of sp³-hybridized carbons (Fsp3) is 0.846. The molecule has 4 nitrogen and oxygen atoms in total. The van der Waals surface area contributed by atoms with Crippen LogP contribution in [0.25, 0.3) is 0 Å². The van der Waals surface area contributed by atoms with Gasteiger partial charge in [-0.1, -0.05) is 31.4 Å². The molecule has 0 aliphatic heterocycles. The molecule has 0 amide bonds. The monoisotopic (exact) mass is 236 g/mol. The molecule has 17 heavy (non-hydrogen) atoms. The van der Waals surface area contributed by atoms with Crippen LogP contribution in [-0.2, 0) is 6.54 Å². The van der Waals surface area contributed by atoms with Gasteiger partial charge in [0.05, 0.1) is 11.9 Å². The highest BCUT2D eigenvalue weighted by molar-refractivity contribution is 5.08. The van der Waals surface area contributed by atoms with E-state index in [0.29, 0.717) is 12.0 Å². The SMILES string of the molecule is CCCn1nncc1C1CCCCCC1NC. The van der Waals surface area contributed by atoms with E-state index in [1.165, 1.54) is 37.8 Å². The van der Waals surface area contributed by atoms with Gasteiger partial charge < -0.3 is 5.32 Å². The molecule has 1 aliphatic carbocycles. The number of aromatic nitrogens is 3. The first-order valence-corrected chi connectivity index (χ1v) is 6.92. The van der Waals surface area contributed by atoms with Crippen LogP contribution < -0.4 is 5.32 Å². The molecule has 2 rings (SSSR count). The predicted molar refractivity (Wildman–Crippen MR) is 69.0 cm³/mol. The molecule has 1 aromatic heterocycles. The summed E-state index contributed by atoms with van der Waals surface area (Å²) < 4.78 is 2.10. The van der Waals surface area contributed by atoms with Crippen molar-refractivity contribution in [2.24, 2.45) is 0 Å². The first-order chi connectivity index (χ1) is 8.36. The van der Waals surface area contributed by atoms with Crippen LogP contribution in [0.15, 0.2) is 6.20 Å². The van der Waals surface area contributed by atoms with E-state index >= 15 is 0 Å². The lowest BCUT2D eigenvalue weighted by Crippen LogP contribution is -2.32. The number of hydrogen-bond donors (Lipinski definition) is 1. The standard InChI is InChI=1S/C13H24N4/c1-3-9-17-13(10-15-16-17)11-7-5-4-6-8-12(11)14-2/h10-12,14H,3-9H2,1-2H3. The summed E-state index contributed by atoms with van der Waals surface area (Å²) in [7, 11) is 2.08. The van der Waals surface area contributed by atoms with Gasteiger partial charge in [0.25, 0.3) is 0 Å². The number of nitrogens with zero attached hydrogens (tertiary/aromatic N) is 3. The molecule has 0 radical (unpaired) electrons. The largest absolute Gasteiger partial charge is 0.316 e. The van der Waals surface area contributed by atoms with Gasteiger partial charge in [0.15, 0.2) is 0 Å². The lowest BCUT2D eigenvalue weighted by Gasteiger charge is -2.24. The minimum Gasteiger partial charge on any atom is -0.316 e. The summed E-state index contributed by atoms with van der Waals surface area (Å²) in [4.78, 5) is 0. The van der Waals surface area contributed by atoms with Crippen molar-refractivity contribution in [1.82, 2.24) is 20.3 Å². The van der Waals surface area contributed by atoms with Crippen LogP contribution in [0.1, 0.15) is 57.1 Å². The molecule has 2 unspecified atom stereocenters. The maximum Gasteiger partial charge on any atom is 0.0728 e. The van der Waals surface area contributed by atoms with Gasteiger partial charge in [-0.25, -0.2) is 4.68 Å². The van der Waals surface area contributed by atoms with Gasteiger partial charge in [-0.3, -0.25) is 0 Å². The summed E-state index contributed by atoms with van der Waals surface area (Å²) in [5.41, 5.74) is 1.33. The Balaban J connectivity index is 2.19. The third kappa shape index (κ3) is 2.86. The van der Waals surface area contributed by atoms with E-state index < -0.39 is 0 Å². The van der Waals surface area contributed by atoms with Crippen LogP contribution in [0.3, 0.4) is 0 Å². The number of hydrogen-bond acceptors (Lipinski definition) is 3. The fourth-order valence-corrected chi connectivity index (χ4v) is 2.95. The molecule has 1 N–H and O–H groups in total. The van der Waals surface area contributed by atoms with Crippen molar-refractivity contribution < 1.29 is 0 Å². The van der Waals surface area contributed by atoms with Crippen LogP contribution in [0.2, 0.25) is 0 Å². The van der Waals surface area contributed by atoms with Gasteiger partial charge in [0.1, 0.15) is 0 Å². The highest BCUT2D eigenvalue weighted by Crippen LogP contribution is 2.31. The van der Waals surface area contributed by atoms with Gasteiger partial charge in [-0.05, 0) is 26.3 Å². The van der Waals surface area contributed by atoms with Crippen LogP contribution in [-0.4, -0.2) is 28.1 Å². The van der Waals surface area contributed by atoms with Crippen molar-refractivity contribution in [3.63, 3.8) is 0 Å². The van der Waals surface area contributed by atoms with E-state index in [-0.39, 0.29) is 0 Å². The van der Waals surface area contributed by atoms with Crippen molar-refractivity contribution in [2.75, 3.05) is 7.05 Å². The topological polar surface area (TPSA) is 42.7 Å². The summed E-state index contributed by atoms with van der Waals surface area (Å²) in [6, 6.07) is 0.589. The Morgan fingerprint density at radius 1 is 1.35 bits per heavy atom. The quantitative estimate of drug-likeness (QED) is 0.816. The zero-order valence-corrected chi connectivity index (χ0v) is 11.0. The van der Waals surface area contributed by atoms with Crippen LogP contribution in [0.4, 0.5) is 0 Å². The van der Waals surface area contributed by atoms with Crippen molar-refractivity contribution in [2.45, 2.75) is 64.0 Å². The summed E-state index contributed by atoms with van der Waals surface area (Å²) in [6.07, 6.45) is 9.67. The number of likely N-dealkylation sites (N-methyl/N-ethyl adjacent to an activating group) is 1. The zero-order valence-electron chi connectivity index (χ0n) is 11.0. The highest BCUT2D eigenvalue weighted by atomic mass is 15.4. The molecular formula is C13H24N4. The third-order valence-electron chi connectivity index (χ3n) is 3.85. The second-order valence-electron chi connectivity index (χ2n) is 5.02. The van der Waals surface area contributed by atoms with Gasteiger partial charge in [-0.2, -0.15) is 0 Å². The molecule has 1 heterocycles. The fourth-order valence-electron chi connectivity index (χ4n) is 2.95. The smallest absolute Gasteiger partial charge is 0.0728 e. The van der Waals surface area contributed by atoms with Gasteiger partial charge >= 0.3 is 0 Å². The molecule has 0 bridgehead atoms. The average Bonchev–Trinajstić information content (AvgIpc) is 2.66. The van der Waals surface area contributed by atoms with E-state index in [9.17, 15) is 0 Å². The number of nitrogens with one attached hydrogen (secondary N) is 1. The molecule has 4 heteroatoms. The highest BCUT2D eigenvalue weighted by Gasteiger charge is 2.26. The van der Waals surface area contributed by atoms with E-state index in [1.54, 1.807) is 0 Å². The minimum absolute atomic E-state index is 0.587. The third-order valence-corrected chi connectivity index (χ3v) is 3.85. The van der Waals surface area contributed by atoms with E-state index in [4.69, 9.17) is 0 Å². The molecule has 1 aliphatic rings. The molecule has 2 atom stereocenters.